The Bertz CT molecular complexity index is 539. The number of carboxylic acid groups (broad SMARTS) is 1. The number of rotatable bonds is 6. The minimum absolute atomic E-state index is 0.0889. The van der Waals surface area contributed by atoms with Crippen LogP contribution in [0.15, 0.2) is 29.2 Å². The summed E-state index contributed by atoms with van der Waals surface area (Å²) in [5.74, 6) is -0.878. The number of carboxylic acids is 1. The van der Waals surface area contributed by atoms with Gasteiger partial charge in [0.1, 0.15) is 6.04 Å². The second-order valence-corrected chi connectivity index (χ2v) is 6.65. The summed E-state index contributed by atoms with van der Waals surface area (Å²) in [5, 5.41) is 9.09. The van der Waals surface area contributed by atoms with Gasteiger partial charge in [-0.3, -0.25) is 4.79 Å². The number of likely N-dealkylation sites (N-methyl/N-ethyl adjacent to an activating group) is 1. The molecule has 0 fully saturated rings. The fourth-order valence-electron chi connectivity index (χ4n) is 1.63. The number of aliphatic carboxylic acids is 1. The van der Waals surface area contributed by atoms with Gasteiger partial charge in [0.15, 0.2) is 0 Å². The van der Waals surface area contributed by atoms with E-state index in [1.807, 2.05) is 6.92 Å². The SMILES string of the molecule is Cc1ccc(S(=O)(=O)N(C)C(CCS)C(=O)O)cc1. The maximum Gasteiger partial charge on any atom is 0.322 e. The summed E-state index contributed by atoms with van der Waals surface area (Å²) in [4.78, 5) is 11.2. The fourth-order valence-corrected chi connectivity index (χ4v) is 3.21. The van der Waals surface area contributed by atoms with Gasteiger partial charge in [-0.15, -0.1) is 0 Å². The highest BCUT2D eigenvalue weighted by molar-refractivity contribution is 7.89. The molecule has 106 valence electrons. The quantitative estimate of drug-likeness (QED) is 0.779. The molecule has 1 unspecified atom stereocenters. The van der Waals surface area contributed by atoms with E-state index in [9.17, 15) is 13.2 Å². The summed E-state index contributed by atoms with van der Waals surface area (Å²) < 4.78 is 25.5. The average molecular weight is 303 g/mol. The van der Waals surface area contributed by atoms with E-state index in [2.05, 4.69) is 12.6 Å². The Morgan fingerprint density at radius 3 is 2.32 bits per heavy atom. The lowest BCUT2D eigenvalue weighted by Crippen LogP contribution is -2.42. The van der Waals surface area contributed by atoms with Crippen LogP contribution in [0, 0.1) is 6.92 Å². The molecule has 7 heteroatoms. The van der Waals surface area contributed by atoms with Gasteiger partial charge in [-0.05, 0) is 31.2 Å². The molecule has 1 aromatic carbocycles. The van der Waals surface area contributed by atoms with Gasteiger partial charge in [0.2, 0.25) is 10.0 Å². The molecular formula is C12H17NO4S2. The summed E-state index contributed by atoms with van der Waals surface area (Å²) in [6, 6.07) is 5.19. The first-order valence-electron chi connectivity index (χ1n) is 5.69. The molecule has 1 rings (SSSR count). The summed E-state index contributed by atoms with van der Waals surface area (Å²) >= 11 is 3.96. The minimum Gasteiger partial charge on any atom is -0.480 e. The molecule has 0 aliphatic rings. The van der Waals surface area contributed by atoms with Gasteiger partial charge < -0.3 is 5.11 Å². The van der Waals surface area contributed by atoms with Crippen LogP contribution < -0.4 is 0 Å². The van der Waals surface area contributed by atoms with Gasteiger partial charge in [-0.2, -0.15) is 16.9 Å². The number of thiol groups is 1. The zero-order chi connectivity index (χ0) is 14.6. The van der Waals surface area contributed by atoms with Crippen molar-refractivity contribution in [3.05, 3.63) is 29.8 Å². The number of hydrogen-bond acceptors (Lipinski definition) is 4. The van der Waals surface area contributed by atoms with E-state index >= 15 is 0 Å². The van der Waals surface area contributed by atoms with Gasteiger partial charge in [0, 0.05) is 7.05 Å². The van der Waals surface area contributed by atoms with Crippen LogP contribution >= 0.6 is 12.6 Å². The number of hydrogen-bond donors (Lipinski definition) is 2. The van der Waals surface area contributed by atoms with Gasteiger partial charge >= 0.3 is 5.97 Å². The molecule has 0 radical (unpaired) electrons. The first-order valence-corrected chi connectivity index (χ1v) is 7.76. The van der Waals surface area contributed by atoms with Crippen molar-refractivity contribution in [2.45, 2.75) is 24.3 Å². The third-order valence-electron chi connectivity index (χ3n) is 2.82. The van der Waals surface area contributed by atoms with E-state index in [1.54, 1.807) is 12.1 Å². The molecule has 0 aliphatic carbocycles. The molecule has 5 nitrogen and oxygen atoms in total. The molecule has 1 atom stereocenters. The van der Waals surface area contributed by atoms with Gasteiger partial charge in [0.05, 0.1) is 4.90 Å². The Labute approximate surface area is 118 Å². The van der Waals surface area contributed by atoms with Crippen molar-refractivity contribution in [2.24, 2.45) is 0 Å². The molecule has 0 amide bonds. The normalized spacial score (nSPS) is 13.5. The van der Waals surface area contributed by atoms with Gasteiger partial charge in [0.25, 0.3) is 0 Å². The third kappa shape index (κ3) is 3.71. The van der Waals surface area contributed by atoms with E-state index in [1.165, 1.54) is 19.2 Å². The van der Waals surface area contributed by atoms with Gasteiger partial charge in [-0.25, -0.2) is 8.42 Å². The van der Waals surface area contributed by atoms with E-state index < -0.39 is 22.0 Å². The summed E-state index contributed by atoms with van der Waals surface area (Å²) in [6.45, 7) is 1.85. The highest BCUT2D eigenvalue weighted by atomic mass is 32.2. The Kier molecular flexibility index (Phi) is 5.39. The van der Waals surface area contributed by atoms with Crippen molar-refractivity contribution in [3.8, 4) is 0 Å². The lowest BCUT2D eigenvalue weighted by atomic mass is 10.2. The molecule has 0 aromatic heterocycles. The zero-order valence-electron chi connectivity index (χ0n) is 10.8. The monoisotopic (exact) mass is 303 g/mol. The summed E-state index contributed by atoms with van der Waals surface area (Å²) in [6.07, 6.45) is 0.153. The second-order valence-electron chi connectivity index (χ2n) is 4.20. The zero-order valence-corrected chi connectivity index (χ0v) is 12.5. The molecule has 0 heterocycles. The predicted molar refractivity (Wildman–Crippen MR) is 76.0 cm³/mol. The van der Waals surface area contributed by atoms with Crippen molar-refractivity contribution < 1.29 is 18.3 Å². The van der Waals surface area contributed by atoms with Crippen molar-refractivity contribution >= 4 is 28.6 Å². The van der Waals surface area contributed by atoms with Crippen LogP contribution in [0.1, 0.15) is 12.0 Å². The molecule has 1 N–H and O–H groups in total. The molecule has 0 spiro atoms. The second kappa shape index (κ2) is 6.40. The van der Waals surface area contributed by atoms with E-state index in [-0.39, 0.29) is 11.3 Å². The predicted octanol–water partition coefficient (Wildman–Crippen LogP) is 1.39. The maximum absolute atomic E-state index is 12.3. The van der Waals surface area contributed by atoms with Crippen LogP contribution in [-0.2, 0) is 14.8 Å². The van der Waals surface area contributed by atoms with Crippen LogP contribution in [0.3, 0.4) is 0 Å². The van der Waals surface area contributed by atoms with Crippen LogP contribution in [0.4, 0.5) is 0 Å². The number of sulfonamides is 1. The molecule has 0 aliphatic heterocycles. The van der Waals surface area contributed by atoms with Crippen LogP contribution in [0.5, 0.6) is 0 Å². The van der Waals surface area contributed by atoms with Crippen LogP contribution in [0.2, 0.25) is 0 Å². The van der Waals surface area contributed by atoms with E-state index in [4.69, 9.17) is 5.11 Å². The third-order valence-corrected chi connectivity index (χ3v) is 4.96. The van der Waals surface area contributed by atoms with Crippen LogP contribution in [-0.4, -0.2) is 42.6 Å². The van der Waals surface area contributed by atoms with Crippen molar-refractivity contribution in [1.29, 1.82) is 0 Å². The molecule has 0 bridgehead atoms. The smallest absolute Gasteiger partial charge is 0.322 e. The Balaban J connectivity index is 3.11. The lowest BCUT2D eigenvalue weighted by Gasteiger charge is -2.23. The molecule has 1 aromatic rings. The lowest BCUT2D eigenvalue weighted by molar-refractivity contribution is -0.141. The Morgan fingerprint density at radius 1 is 1.37 bits per heavy atom. The number of carbonyl (C=O) groups is 1. The molecular weight excluding hydrogens is 286 g/mol. The first-order chi connectivity index (χ1) is 8.80. The standard InChI is InChI=1S/C12H17NO4S2/c1-9-3-5-10(6-4-9)19(16,17)13(2)11(7-8-18)12(14)15/h3-6,11,18H,7-8H2,1-2H3,(H,14,15). The average Bonchev–Trinajstić information content (AvgIpc) is 2.35. The molecule has 0 saturated carbocycles. The number of nitrogens with zero attached hydrogens (tertiary/aromatic N) is 1. The highest BCUT2D eigenvalue weighted by Gasteiger charge is 2.32. The maximum atomic E-state index is 12.3. The van der Waals surface area contributed by atoms with Crippen molar-refractivity contribution in [3.63, 3.8) is 0 Å². The van der Waals surface area contributed by atoms with Crippen molar-refractivity contribution in [1.82, 2.24) is 4.31 Å². The Morgan fingerprint density at radius 2 is 1.89 bits per heavy atom. The number of benzene rings is 1. The van der Waals surface area contributed by atoms with Crippen molar-refractivity contribution in [2.75, 3.05) is 12.8 Å². The Hall–Kier alpha value is -1.05. The van der Waals surface area contributed by atoms with E-state index in [0.29, 0.717) is 5.75 Å². The van der Waals surface area contributed by atoms with E-state index in [0.717, 1.165) is 9.87 Å². The van der Waals surface area contributed by atoms with Crippen LogP contribution in [0.25, 0.3) is 0 Å². The fraction of sp³-hybridized carbons (Fsp3) is 0.417. The molecule has 19 heavy (non-hydrogen) atoms. The highest BCUT2D eigenvalue weighted by Crippen LogP contribution is 2.19. The first kappa shape index (κ1) is 16.0. The molecule has 0 saturated heterocycles. The summed E-state index contributed by atoms with van der Waals surface area (Å²) in [7, 11) is -2.53. The topological polar surface area (TPSA) is 74.7 Å². The van der Waals surface area contributed by atoms with Gasteiger partial charge in [-0.1, -0.05) is 17.7 Å². The summed E-state index contributed by atoms with van der Waals surface area (Å²) in [5.41, 5.74) is 0.937. The minimum atomic E-state index is -3.80. The largest absolute Gasteiger partial charge is 0.480 e. The number of aryl methyl sites for hydroxylation is 1.